The molecule has 108 valence electrons. The van der Waals surface area contributed by atoms with Gasteiger partial charge in [-0.3, -0.25) is 4.68 Å². The number of halogens is 1. The fraction of sp³-hybridized carbons (Fsp3) is 0.0667. The lowest BCUT2D eigenvalue weighted by molar-refractivity contribution is 0.614. The number of aryl methyl sites for hydroxylation is 1. The first kappa shape index (κ1) is 12.6. The quantitative estimate of drug-likeness (QED) is 0.616. The molecule has 22 heavy (non-hydrogen) atoms. The predicted molar refractivity (Wildman–Crippen MR) is 79.3 cm³/mol. The zero-order chi connectivity index (χ0) is 15.1. The highest BCUT2D eigenvalue weighted by Crippen LogP contribution is 2.32. The number of H-pyrrole nitrogens is 1. The van der Waals surface area contributed by atoms with Gasteiger partial charge in [0.15, 0.2) is 11.6 Å². The van der Waals surface area contributed by atoms with Crippen LogP contribution in [-0.4, -0.2) is 29.7 Å². The number of hydrogen-bond acceptors (Lipinski definition) is 4. The van der Waals surface area contributed by atoms with E-state index in [1.807, 2.05) is 31.6 Å². The molecule has 4 aromatic rings. The number of nitrogens with one attached hydrogen (secondary N) is 1. The summed E-state index contributed by atoms with van der Waals surface area (Å²) in [6.45, 7) is 0. The van der Waals surface area contributed by atoms with Gasteiger partial charge in [-0.1, -0.05) is 0 Å². The molecule has 0 aromatic carbocycles. The average Bonchev–Trinajstić information content (AvgIpc) is 3.14. The second-order valence-corrected chi connectivity index (χ2v) is 4.89. The van der Waals surface area contributed by atoms with Crippen molar-refractivity contribution in [3.05, 3.63) is 48.9 Å². The highest BCUT2D eigenvalue weighted by atomic mass is 19.1. The monoisotopic (exact) mass is 294 g/mol. The molecule has 0 atom stereocenters. The summed E-state index contributed by atoms with van der Waals surface area (Å²) in [6, 6.07) is 3.88. The number of pyridine rings is 1. The lowest BCUT2D eigenvalue weighted by Crippen LogP contribution is -1.94. The molecule has 0 fully saturated rings. The molecule has 4 heterocycles. The van der Waals surface area contributed by atoms with Gasteiger partial charge in [-0.15, -0.1) is 0 Å². The molecule has 0 amide bonds. The second kappa shape index (κ2) is 4.73. The van der Waals surface area contributed by atoms with Gasteiger partial charge in [0.1, 0.15) is 11.3 Å². The van der Waals surface area contributed by atoms with Gasteiger partial charge in [0.2, 0.25) is 0 Å². The molecule has 4 rings (SSSR count). The molecule has 0 bridgehead atoms. The lowest BCUT2D eigenvalue weighted by Gasteiger charge is -2.03. The van der Waals surface area contributed by atoms with Crippen LogP contribution in [0.3, 0.4) is 0 Å². The van der Waals surface area contributed by atoms with E-state index in [0.29, 0.717) is 11.5 Å². The van der Waals surface area contributed by atoms with E-state index in [0.717, 1.165) is 34.6 Å². The summed E-state index contributed by atoms with van der Waals surface area (Å²) in [7, 11) is 1.83. The van der Waals surface area contributed by atoms with Crippen LogP contribution in [0.2, 0.25) is 0 Å². The van der Waals surface area contributed by atoms with Crippen LogP contribution in [0.1, 0.15) is 0 Å². The molecular formula is C15H11FN6. The average molecular weight is 294 g/mol. The minimum Gasteiger partial charge on any atom is -0.346 e. The number of rotatable bonds is 2. The first-order valence-electron chi connectivity index (χ1n) is 6.66. The molecule has 0 saturated carbocycles. The number of aromatic nitrogens is 6. The standard InChI is InChI=1S/C15H11FN6/c1-22-8-12(10-2-4-17-14-11(10)3-5-18-14)13(21-22)15-19-6-9(16)7-20-15/h2-8H,1H3,(H,17,18). The Morgan fingerprint density at radius 3 is 2.73 bits per heavy atom. The van der Waals surface area contributed by atoms with E-state index in [-0.39, 0.29) is 0 Å². The lowest BCUT2D eigenvalue weighted by atomic mass is 10.0. The Labute approximate surface area is 124 Å². The van der Waals surface area contributed by atoms with Crippen molar-refractivity contribution in [2.24, 2.45) is 7.05 Å². The van der Waals surface area contributed by atoms with E-state index in [1.54, 1.807) is 10.9 Å². The van der Waals surface area contributed by atoms with Crippen molar-refractivity contribution in [1.82, 2.24) is 29.7 Å². The fourth-order valence-electron chi connectivity index (χ4n) is 2.48. The first-order chi connectivity index (χ1) is 10.7. The maximum atomic E-state index is 13.0. The zero-order valence-corrected chi connectivity index (χ0v) is 11.7. The summed E-state index contributed by atoms with van der Waals surface area (Å²) >= 11 is 0. The van der Waals surface area contributed by atoms with Gasteiger partial charge < -0.3 is 4.98 Å². The van der Waals surface area contributed by atoms with Crippen LogP contribution < -0.4 is 0 Å². The molecule has 0 unspecified atom stereocenters. The van der Waals surface area contributed by atoms with Gasteiger partial charge in [0.05, 0.1) is 12.4 Å². The van der Waals surface area contributed by atoms with Gasteiger partial charge in [0, 0.05) is 36.6 Å². The van der Waals surface area contributed by atoms with Crippen molar-refractivity contribution in [3.63, 3.8) is 0 Å². The summed E-state index contributed by atoms with van der Waals surface area (Å²) < 4.78 is 14.7. The highest BCUT2D eigenvalue weighted by Gasteiger charge is 2.17. The molecule has 1 N–H and O–H groups in total. The Morgan fingerprint density at radius 2 is 1.91 bits per heavy atom. The minimum atomic E-state index is -0.474. The number of hydrogen-bond donors (Lipinski definition) is 1. The molecule has 0 aliphatic heterocycles. The number of fused-ring (bicyclic) bond motifs is 1. The molecule has 7 heteroatoms. The highest BCUT2D eigenvalue weighted by molar-refractivity contribution is 5.96. The number of aromatic amines is 1. The van der Waals surface area contributed by atoms with E-state index < -0.39 is 5.82 Å². The molecule has 0 radical (unpaired) electrons. The maximum Gasteiger partial charge on any atom is 0.180 e. The van der Waals surface area contributed by atoms with E-state index in [4.69, 9.17) is 0 Å². The Balaban J connectivity index is 1.96. The third-order valence-electron chi connectivity index (χ3n) is 3.41. The summed E-state index contributed by atoms with van der Waals surface area (Å²) in [4.78, 5) is 15.4. The minimum absolute atomic E-state index is 0.387. The number of nitrogens with zero attached hydrogens (tertiary/aromatic N) is 5. The van der Waals surface area contributed by atoms with E-state index in [2.05, 4.69) is 25.0 Å². The van der Waals surface area contributed by atoms with Crippen LogP contribution in [0.5, 0.6) is 0 Å². The predicted octanol–water partition coefficient (Wildman–Crippen LogP) is 2.56. The van der Waals surface area contributed by atoms with Crippen molar-refractivity contribution < 1.29 is 4.39 Å². The second-order valence-electron chi connectivity index (χ2n) is 4.89. The Hall–Kier alpha value is -3.09. The smallest absolute Gasteiger partial charge is 0.180 e. The van der Waals surface area contributed by atoms with Crippen molar-refractivity contribution in [2.45, 2.75) is 0 Å². The summed E-state index contributed by atoms with van der Waals surface area (Å²) in [5.41, 5.74) is 3.26. The summed E-state index contributed by atoms with van der Waals surface area (Å²) in [5, 5.41) is 5.40. The normalized spacial score (nSPS) is 11.2. The zero-order valence-electron chi connectivity index (χ0n) is 11.7. The topological polar surface area (TPSA) is 72.3 Å². The molecule has 0 saturated heterocycles. The van der Waals surface area contributed by atoms with Gasteiger partial charge in [0.25, 0.3) is 0 Å². The van der Waals surface area contributed by atoms with Gasteiger partial charge in [-0.05, 0) is 17.7 Å². The Bertz CT molecular complexity index is 954. The van der Waals surface area contributed by atoms with Crippen LogP contribution in [0.15, 0.2) is 43.1 Å². The molecule has 0 aliphatic carbocycles. The van der Waals surface area contributed by atoms with Crippen LogP contribution in [0.25, 0.3) is 33.7 Å². The van der Waals surface area contributed by atoms with Crippen LogP contribution in [-0.2, 0) is 7.05 Å². The van der Waals surface area contributed by atoms with Crippen LogP contribution >= 0.6 is 0 Å². The maximum absolute atomic E-state index is 13.0. The van der Waals surface area contributed by atoms with Crippen molar-refractivity contribution in [2.75, 3.05) is 0 Å². The van der Waals surface area contributed by atoms with Crippen molar-refractivity contribution in [3.8, 4) is 22.6 Å². The molecular weight excluding hydrogens is 283 g/mol. The van der Waals surface area contributed by atoms with Gasteiger partial charge in [-0.25, -0.2) is 19.3 Å². The van der Waals surface area contributed by atoms with Crippen molar-refractivity contribution in [1.29, 1.82) is 0 Å². The third-order valence-corrected chi connectivity index (χ3v) is 3.41. The Morgan fingerprint density at radius 1 is 1.09 bits per heavy atom. The van der Waals surface area contributed by atoms with E-state index in [9.17, 15) is 4.39 Å². The van der Waals surface area contributed by atoms with Gasteiger partial charge in [-0.2, -0.15) is 5.10 Å². The largest absolute Gasteiger partial charge is 0.346 e. The summed E-state index contributed by atoms with van der Waals surface area (Å²) in [6.07, 6.45) is 7.74. The SMILES string of the molecule is Cn1cc(-c2ccnc3[nH]ccc23)c(-c2ncc(F)cn2)n1. The van der Waals surface area contributed by atoms with E-state index >= 15 is 0 Å². The molecule has 0 spiro atoms. The third kappa shape index (κ3) is 1.95. The first-order valence-corrected chi connectivity index (χ1v) is 6.66. The van der Waals surface area contributed by atoms with E-state index in [1.165, 1.54) is 0 Å². The van der Waals surface area contributed by atoms with Crippen molar-refractivity contribution >= 4 is 11.0 Å². The van der Waals surface area contributed by atoms with Crippen LogP contribution in [0.4, 0.5) is 4.39 Å². The summed E-state index contributed by atoms with van der Waals surface area (Å²) in [5.74, 6) is -0.0873. The molecule has 4 aromatic heterocycles. The molecule has 6 nitrogen and oxygen atoms in total. The van der Waals surface area contributed by atoms with Gasteiger partial charge >= 0.3 is 0 Å². The van der Waals surface area contributed by atoms with Crippen LogP contribution in [0, 0.1) is 5.82 Å². The Kier molecular flexibility index (Phi) is 2.72. The molecule has 0 aliphatic rings. The fourth-order valence-corrected chi connectivity index (χ4v) is 2.48.